The van der Waals surface area contributed by atoms with E-state index in [1.54, 1.807) is 39.0 Å². The number of aliphatic hydroxyl groups is 1. The van der Waals surface area contributed by atoms with Gasteiger partial charge in [-0.1, -0.05) is 32.6 Å². The molecule has 1 N–H and O–H groups in total. The summed E-state index contributed by atoms with van der Waals surface area (Å²) in [5.74, 6) is -3.32. The van der Waals surface area contributed by atoms with Crippen molar-refractivity contribution in [1.82, 2.24) is 0 Å². The molecule has 1 fully saturated rings. The van der Waals surface area contributed by atoms with Gasteiger partial charge in [0.05, 0.1) is 18.4 Å². The quantitative estimate of drug-likeness (QED) is 0.203. The molecule has 0 bridgehead atoms. The molecular weight excluding hydrogens is 428 g/mol. The third-order valence-electron chi connectivity index (χ3n) is 6.08. The highest BCUT2D eigenvalue weighted by Crippen LogP contribution is 2.37. The zero-order valence-corrected chi connectivity index (χ0v) is 19.5. The minimum atomic E-state index is -1.26. The number of hydrogen-bond donors (Lipinski definition) is 1. The van der Waals surface area contributed by atoms with Crippen molar-refractivity contribution in [3.8, 4) is 0 Å². The molecule has 0 unspecified atom stereocenters. The number of allylic oxidation sites excluding steroid dienone is 2. The predicted octanol–water partition coefficient (Wildman–Crippen LogP) is 2.76. The van der Waals surface area contributed by atoms with Crippen molar-refractivity contribution in [2.24, 2.45) is 11.8 Å². The van der Waals surface area contributed by atoms with Gasteiger partial charge in [-0.3, -0.25) is 9.59 Å². The SMILES string of the molecule is C=C1C(=O)O[C@@H]2/C=C(\CO)CC/C=C(/C=O)[C@@H](OC(=O)[C@H](C)CC)[C@@H](OC(=O)/C(C)=C\C)[C@@H]12. The third kappa shape index (κ3) is 6.07. The van der Waals surface area contributed by atoms with E-state index >= 15 is 0 Å². The van der Waals surface area contributed by atoms with Gasteiger partial charge in [0.1, 0.15) is 12.4 Å². The second-order valence-electron chi connectivity index (χ2n) is 8.27. The molecule has 8 heteroatoms. The fraction of sp³-hybridized carbons (Fsp3) is 0.520. The summed E-state index contributed by atoms with van der Waals surface area (Å²) in [4.78, 5) is 50.0. The average molecular weight is 461 g/mol. The first-order chi connectivity index (χ1) is 15.7. The van der Waals surface area contributed by atoms with E-state index in [4.69, 9.17) is 14.2 Å². The predicted molar refractivity (Wildman–Crippen MR) is 120 cm³/mol. The minimum absolute atomic E-state index is 0.0277. The molecule has 1 saturated heterocycles. The summed E-state index contributed by atoms with van der Waals surface area (Å²) in [7, 11) is 0. The van der Waals surface area contributed by atoms with Crippen LogP contribution in [0.2, 0.25) is 0 Å². The van der Waals surface area contributed by atoms with Crippen molar-refractivity contribution in [3.05, 3.63) is 47.1 Å². The molecule has 0 aromatic carbocycles. The second kappa shape index (κ2) is 11.7. The first-order valence-electron chi connectivity index (χ1n) is 11.1. The van der Waals surface area contributed by atoms with Crippen LogP contribution < -0.4 is 0 Å². The lowest BCUT2D eigenvalue weighted by molar-refractivity contribution is -0.169. The number of carbonyl (C=O) groups is 4. The highest BCUT2D eigenvalue weighted by atomic mass is 16.6. The summed E-state index contributed by atoms with van der Waals surface area (Å²) in [6, 6.07) is 0. The smallest absolute Gasteiger partial charge is 0.334 e. The summed E-state index contributed by atoms with van der Waals surface area (Å²) in [5.41, 5.74) is 1.03. The normalized spacial score (nSPS) is 30.0. The number of rotatable bonds is 7. The number of carbonyl (C=O) groups excluding carboxylic acids is 4. The van der Waals surface area contributed by atoms with Gasteiger partial charge >= 0.3 is 17.9 Å². The van der Waals surface area contributed by atoms with E-state index in [9.17, 15) is 24.3 Å². The van der Waals surface area contributed by atoms with Crippen LogP contribution in [-0.2, 0) is 33.4 Å². The summed E-state index contributed by atoms with van der Waals surface area (Å²) in [5, 5.41) is 9.74. The van der Waals surface area contributed by atoms with E-state index in [2.05, 4.69) is 6.58 Å². The van der Waals surface area contributed by atoms with Gasteiger partial charge in [0.25, 0.3) is 0 Å². The lowest BCUT2D eigenvalue weighted by atomic mass is 9.83. The number of ether oxygens (including phenoxy) is 3. The first-order valence-corrected chi connectivity index (χ1v) is 11.1. The van der Waals surface area contributed by atoms with E-state index in [-0.39, 0.29) is 17.8 Å². The second-order valence-corrected chi connectivity index (χ2v) is 8.27. The Kier molecular flexibility index (Phi) is 9.34. The maximum atomic E-state index is 12.8. The summed E-state index contributed by atoms with van der Waals surface area (Å²) >= 11 is 0. The van der Waals surface area contributed by atoms with E-state index < -0.39 is 48.1 Å². The van der Waals surface area contributed by atoms with Gasteiger partial charge in [-0.25, -0.2) is 9.59 Å². The van der Waals surface area contributed by atoms with Crippen LogP contribution in [0.3, 0.4) is 0 Å². The summed E-state index contributed by atoms with van der Waals surface area (Å²) in [6.45, 7) is 10.3. The van der Waals surface area contributed by atoms with Crippen LogP contribution in [0, 0.1) is 11.8 Å². The lowest BCUT2D eigenvalue weighted by Crippen LogP contribution is -2.46. The molecule has 0 amide bonds. The van der Waals surface area contributed by atoms with Crippen molar-refractivity contribution in [3.63, 3.8) is 0 Å². The van der Waals surface area contributed by atoms with Crippen LogP contribution in [0.15, 0.2) is 47.1 Å². The maximum Gasteiger partial charge on any atom is 0.334 e. The molecule has 180 valence electrons. The van der Waals surface area contributed by atoms with Crippen LogP contribution in [0.4, 0.5) is 0 Å². The molecule has 2 aliphatic rings. The van der Waals surface area contributed by atoms with Crippen molar-refractivity contribution in [1.29, 1.82) is 0 Å². The largest absolute Gasteiger partial charge is 0.454 e. The van der Waals surface area contributed by atoms with Crippen LogP contribution in [0.5, 0.6) is 0 Å². The molecule has 2 rings (SSSR count). The molecule has 0 aromatic heterocycles. The van der Waals surface area contributed by atoms with Crippen LogP contribution in [0.25, 0.3) is 0 Å². The van der Waals surface area contributed by atoms with Gasteiger partial charge in [0.15, 0.2) is 12.2 Å². The van der Waals surface area contributed by atoms with Gasteiger partial charge in [0, 0.05) is 16.7 Å². The van der Waals surface area contributed by atoms with E-state index in [0.29, 0.717) is 36.7 Å². The Morgan fingerprint density at radius 1 is 1.36 bits per heavy atom. The maximum absolute atomic E-state index is 12.8. The Morgan fingerprint density at radius 2 is 2.06 bits per heavy atom. The van der Waals surface area contributed by atoms with Crippen LogP contribution in [0.1, 0.15) is 47.0 Å². The summed E-state index contributed by atoms with van der Waals surface area (Å²) < 4.78 is 17.0. The molecule has 1 aliphatic carbocycles. The molecule has 5 atom stereocenters. The number of aliphatic hydroxyl groups excluding tert-OH is 1. The van der Waals surface area contributed by atoms with Crippen LogP contribution >= 0.6 is 0 Å². The average Bonchev–Trinajstić information content (AvgIpc) is 3.09. The van der Waals surface area contributed by atoms with Crippen molar-refractivity contribution >= 4 is 24.2 Å². The molecule has 1 aliphatic heterocycles. The van der Waals surface area contributed by atoms with Crippen molar-refractivity contribution < 1.29 is 38.5 Å². The van der Waals surface area contributed by atoms with E-state index in [1.165, 1.54) is 0 Å². The molecule has 0 saturated carbocycles. The first kappa shape index (κ1) is 26.3. The topological polar surface area (TPSA) is 116 Å². The van der Waals surface area contributed by atoms with E-state index in [0.717, 1.165) is 0 Å². The summed E-state index contributed by atoms with van der Waals surface area (Å²) in [6.07, 6.45) is 3.15. The van der Waals surface area contributed by atoms with Gasteiger partial charge in [-0.05, 0) is 44.8 Å². The Morgan fingerprint density at radius 3 is 2.64 bits per heavy atom. The van der Waals surface area contributed by atoms with Gasteiger partial charge in [0.2, 0.25) is 0 Å². The molecule has 8 nitrogen and oxygen atoms in total. The number of aldehydes is 1. The monoisotopic (exact) mass is 460 g/mol. The molecule has 0 aromatic rings. The highest BCUT2D eigenvalue weighted by molar-refractivity contribution is 5.92. The highest BCUT2D eigenvalue weighted by Gasteiger charge is 2.49. The van der Waals surface area contributed by atoms with Gasteiger partial charge < -0.3 is 19.3 Å². The third-order valence-corrected chi connectivity index (χ3v) is 6.08. The Hall–Kier alpha value is -3.00. The van der Waals surface area contributed by atoms with Crippen molar-refractivity contribution in [2.45, 2.75) is 65.3 Å². The van der Waals surface area contributed by atoms with Crippen LogP contribution in [-0.4, -0.2) is 54.2 Å². The molecule has 1 heterocycles. The Bertz CT molecular complexity index is 894. The molecule has 0 spiro atoms. The zero-order chi connectivity index (χ0) is 24.7. The number of fused-ring (bicyclic) bond motifs is 1. The Balaban J connectivity index is 2.67. The van der Waals surface area contributed by atoms with Gasteiger partial charge in [-0.15, -0.1) is 0 Å². The van der Waals surface area contributed by atoms with E-state index in [1.807, 2.05) is 6.92 Å². The standard InChI is InChI=1S/C25H32O8/c1-6-14(3)23(28)32-21-18(13-27)10-8-9-17(12-26)11-19-20(16(5)25(30)31-19)22(21)33-24(29)15(4)7-2/h7,10-11,13-14,19-22,26H,5-6,8-9,12H2,1-4H3/b15-7-,17-11-,18-10-/t14-,19-,20+,21-,22+/m1/s1. The fourth-order valence-corrected chi connectivity index (χ4v) is 3.62. The number of hydrogen-bond acceptors (Lipinski definition) is 8. The van der Waals surface area contributed by atoms with Gasteiger partial charge in [-0.2, -0.15) is 0 Å². The minimum Gasteiger partial charge on any atom is -0.454 e. The molecular formula is C25H32O8. The van der Waals surface area contributed by atoms with Crippen molar-refractivity contribution in [2.75, 3.05) is 6.61 Å². The molecule has 0 radical (unpaired) electrons. The number of esters is 3. The lowest BCUT2D eigenvalue weighted by Gasteiger charge is -2.33. The fourth-order valence-electron chi connectivity index (χ4n) is 3.62. The Labute approximate surface area is 194 Å². The molecule has 33 heavy (non-hydrogen) atoms. The zero-order valence-electron chi connectivity index (χ0n) is 19.5.